The number of sulfone groups is 1. The highest BCUT2D eigenvalue weighted by Gasteiger charge is 2.60. The van der Waals surface area contributed by atoms with Gasteiger partial charge in [0, 0.05) is 37.4 Å². The predicted molar refractivity (Wildman–Crippen MR) is 128 cm³/mol. The number of hydrogen-bond donors (Lipinski definition) is 2. The molecule has 8 nitrogen and oxygen atoms in total. The molecule has 1 amide bonds. The van der Waals surface area contributed by atoms with E-state index >= 15 is 0 Å². The molecule has 4 aliphatic rings. The number of nitrogens with zero attached hydrogens (tertiary/aromatic N) is 1. The molecule has 1 aliphatic carbocycles. The molecule has 3 unspecified atom stereocenters. The zero-order valence-corrected chi connectivity index (χ0v) is 20.6. The van der Waals surface area contributed by atoms with Crippen molar-refractivity contribution in [3.05, 3.63) is 36.6 Å². The van der Waals surface area contributed by atoms with Crippen LogP contribution in [0.25, 0.3) is 0 Å². The van der Waals surface area contributed by atoms with E-state index in [1.165, 1.54) is 18.0 Å². The van der Waals surface area contributed by atoms with Crippen LogP contribution in [0.5, 0.6) is 5.75 Å². The van der Waals surface area contributed by atoms with Crippen molar-refractivity contribution in [2.45, 2.75) is 45.4 Å². The molecule has 1 saturated carbocycles. The highest BCUT2D eigenvalue weighted by atomic mass is 32.2. The summed E-state index contributed by atoms with van der Waals surface area (Å²) in [5, 5.41) is 6.14. The van der Waals surface area contributed by atoms with Crippen LogP contribution in [0.15, 0.2) is 36.6 Å². The van der Waals surface area contributed by atoms with Crippen molar-refractivity contribution >= 4 is 21.6 Å². The van der Waals surface area contributed by atoms with Gasteiger partial charge >= 0.3 is 6.09 Å². The Morgan fingerprint density at radius 1 is 1.27 bits per heavy atom. The van der Waals surface area contributed by atoms with Crippen molar-refractivity contribution in [1.82, 2.24) is 10.6 Å². The number of alkyl carbamates (subject to hydrolysis) is 1. The first-order chi connectivity index (χ1) is 15.5. The molecular weight excluding hydrogens is 442 g/mol. The number of anilines is 1. The molecular formula is C24H35N3O5S. The van der Waals surface area contributed by atoms with Crippen molar-refractivity contribution in [1.29, 1.82) is 0 Å². The van der Waals surface area contributed by atoms with Gasteiger partial charge in [0.25, 0.3) is 0 Å². The van der Waals surface area contributed by atoms with Gasteiger partial charge in [-0.3, -0.25) is 0 Å². The average molecular weight is 478 g/mol. The molecule has 4 fully saturated rings. The lowest BCUT2D eigenvalue weighted by molar-refractivity contribution is 0.0240. The van der Waals surface area contributed by atoms with Crippen LogP contribution in [0.1, 0.15) is 27.7 Å². The number of carbonyl (C=O) groups is 1. The Morgan fingerprint density at radius 3 is 2.70 bits per heavy atom. The zero-order valence-electron chi connectivity index (χ0n) is 19.8. The molecule has 2 N–H and O–H groups in total. The van der Waals surface area contributed by atoms with Gasteiger partial charge in [0.2, 0.25) is 0 Å². The monoisotopic (exact) mass is 477 g/mol. The predicted octanol–water partition coefficient (Wildman–Crippen LogP) is 2.56. The first-order valence-electron chi connectivity index (χ1n) is 11.6. The quantitative estimate of drug-likeness (QED) is 0.556. The maximum Gasteiger partial charge on any atom is 0.407 e. The van der Waals surface area contributed by atoms with Crippen LogP contribution >= 0.6 is 0 Å². The standard InChI is InChI=1S/C24H35N3O5S/c1-16-19-15-27(20-14-26-22(19)21(16)20)17-6-8-18(9-7-17)31-11-5-12-33(29,30)13-10-25-23(28)32-24(2,3)4/h5-9,11,16,19-22,26H,10,12-15H2,1-4H3,(H,25,28)/b11-5+/t16?,19-,20-,21?,22?/m1/s1. The number of amides is 1. The molecule has 5 atom stereocenters. The third kappa shape index (κ3) is 5.46. The lowest BCUT2D eigenvalue weighted by Gasteiger charge is -2.58. The normalized spacial score (nSPS) is 28.5. The van der Waals surface area contributed by atoms with Crippen LogP contribution in [0.2, 0.25) is 0 Å². The molecule has 33 heavy (non-hydrogen) atoms. The largest absolute Gasteiger partial charge is 0.465 e. The fourth-order valence-electron chi connectivity index (χ4n) is 5.34. The van der Waals surface area contributed by atoms with Crippen LogP contribution in [-0.2, 0) is 14.6 Å². The number of piperidine rings is 2. The summed E-state index contributed by atoms with van der Waals surface area (Å²) in [5.41, 5.74) is 0.588. The van der Waals surface area contributed by atoms with Gasteiger partial charge in [-0.25, -0.2) is 13.2 Å². The summed E-state index contributed by atoms with van der Waals surface area (Å²) in [5.74, 6) is 2.63. The molecule has 3 heterocycles. The van der Waals surface area contributed by atoms with Gasteiger partial charge in [-0.05, 0) is 68.9 Å². The third-order valence-electron chi connectivity index (χ3n) is 6.87. The first-order valence-corrected chi connectivity index (χ1v) is 13.5. The molecule has 0 radical (unpaired) electrons. The van der Waals surface area contributed by atoms with E-state index in [0.29, 0.717) is 17.8 Å². The summed E-state index contributed by atoms with van der Waals surface area (Å²) in [6, 6.07) is 9.26. The second-order valence-corrected chi connectivity index (χ2v) is 12.5. The number of fused-ring (bicyclic) bond motifs is 1. The molecule has 0 spiro atoms. The Morgan fingerprint density at radius 2 is 2.00 bits per heavy atom. The van der Waals surface area contributed by atoms with Gasteiger partial charge in [-0.15, -0.1) is 0 Å². The highest BCUT2D eigenvalue weighted by Crippen LogP contribution is 2.52. The number of nitrogens with one attached hydrogen (secondary N) is 2. The van der Waals surface area contributed by atoms with Gasteiger partial charge in [0.1, 0.15) is 11.4 Å². The van der Waals surface area contributed by atoms with Crippen LogP contribution in [0.3, 0.4) is 0 Å². The molecule has 182 valence electrons. The summed E-state index contributed by atoms with van der Waals surface area (Å²) in [6.07, 6.45) is 2.25. The first kappa shape index (κ1) is 23.9. The minimum Gasteiger partial charge on any atom is -0.465 e. The van der Waals surface area contributed by atoms with Crippen molar-refractivity contribution in [2.75, 3.05) is 36.0 Å². The highest BCUT2D eigenvalue weighted by molar-refractivity contribution is 7.91. The fourth-order valence-corrected chi connectivity index (χ4v) is 6.29. The molecule has 3 saturated heterocycles. The summed E-state index contributed by atoms with van der Waals surface area (Å²) >= 11 is 0. The van der Waals surface area contributed by atoms with Crippen molar-refractivity contribution in [3.8, 4) is 5.75 Å². The van der Waals surface area contributed by atoms with E-state index in [9.17, 15) is 13.2 Å². The van der Waals surface area contributed by atoms with E-state index < -0.39 is 21.5 Å². The van der Waals surface area contributed by atoms with Crippen molar-refractivity contribution < 1.29 is 22.7 Å². The Bertz CT molecular complexity index is 986. The van der Waals surface area contributed by atoms with E-state index in [0.717, 1.165) is 30.8 Å². The second kappa shape index (κ2) is 9.18. The van der Waals surface area contributed by atoms with E-state index in [-0.39, 0.29) is 18.1 Å². The van der Waals surface area contributed by atoms with Crippen molar-refractivity contribution in [2.24, 2.45) is 17.8 Å². The fraction of sp³-hybridized carbons (Fsp3) is 0.625. The van der Waals surface area contributed by atoms with Gasteiger partial charge in [-0.1, -0.05) is 6.92 Å². The number of carbonyl (C=O) groups excluding carboxylic acids is 1. The summed E-state index contributed by atoms with van der Waals surface area (Å²) in [7, 11) is -3.36. The maximum absolute atomic E-state index is 12.1. The van der Waals surface area contributed by atoms with Gasteiger partial charge in [0.05, 0.1) is 17.8 Å². The van der Waals surface area contributed by atoms with Gasteiger partial charge < -0.3 is 25.0 Å². The number of ether oxygens (including phenoxy) is 2. The SMILES string of the molecule is CC1C2C3NC[C@H]2N(c2ccc(O/C=C/CS(=O)(=O)CCNC(=O)OC(C)(C)C)cc2)C[C@H]13. The summed E-state index contributed by atoms with van der Waals surface area (Å²) in [6.45, 7) is 9.78. The zero-order chi connectivity index (χ0) is 23.8. The Hall–Kier alpha value is -2.26. The number of benzene rings is 1. The summed E-state index contributed by atoms with van der Waals surface area (Å²) < 4.78 is 34.9. The molecule has 4 bridgehead atoms. The molecule has 5 rings (SSSR count). The minimum absolute atomic E-state index is 0.00165. The minimum atomic E-state index is -3.36. The number of rotatable bonds is 8. The number of hydrogen-bond acceptors (Lipinski definition) is 7. The molecule has 9 heteroatoms. The summed E-state index contributed by atoms with van der Waals surface area (Å²) in [4.78, 5) is 14.1. The van der Waals surface area contributed by atoms with Gasteiger partial charge in [0.15, 0.2) is 9.84 Å². The lowest BCUT2D eigenvalue weighted by atomic mass is 9.57. The second-order valence-electron chi connectivity index (χ2n) is 10.3. The lowest BCUT2D eigenvalue weighted by Crippen LogP contribution is -2.66. The Balaban J connectivity index is 1.20. The molecule has 3 aliphatic heterocycles. The van der Waals surface area contributed by atoms with Crippen LogP contribution < -0.4 is 20.3 Å². The van der Waals surface area contributed by atoms with Gasteiger partial charge in [-0.2, -0.15) is 0 Å². The van der Waals surface area contributed by atoms with Crippen LogP contribution in [0.4, 0.5) is 10.5 Å². The molecule has 1 aromatic carbocycles. The smallest absolute Gasteiger partial charge is 0.407 e. The molecule has 1 aromatic rings. The van der Waals surface area contributed by atoms with Crippen LogP contribution in [-0.4, -0.2) is 63.3 Å². The van der Waals surface area contributed by atoms with Crippen LogP contribution in [0, 0.1) is 17.8 Å². The van der Waals surface area contributed by atoms with E-state index in [1.54, 1.807) is 20.8 Å². The maximum atomic E-state index is 12.1. The topological polar surface area (TPSA) is 97.0 Å². The van der Waals surface area contributed by atoms with E-state index in [4.69, 9.17) is 9.47 Å². The van der Waals surface area contributed by atoms with Crippen molar-refractivity contribution in [3.63, 3.8) is 0 Å². The molecule has 0 aromatic heterocycles. The average Bonchev–Trinajstić information content (AvgIpc) is 3.03. The van der Waals surface area contributed by atoms with E-state index in [2.05, 4.69) is 34.6 Å². The Labute approximate surface area is 196 Å². The van der Waals surface area contributed by atoms with E-state index in [1.807, 2.05) is 12.1 Å². The Kier molecular flexibility index (Phi) is 6.64. The third-order valence-corrected chi connectivity index (χ3v) is 8.40.